The lowest BCUT2D eigenvalue weighted by molar-refractivity contribution is 0.259. The zero-order valence-corrected chi connectivity index (χ0v) is 17.3. The van der Waals surface area contributed by atoms with E-state index in [4.69, 9.17) is 11.6 Å². The van der Waals surface area contributed by atoms with Crippen LogP contribution < -0.4 is 4.90 Å². The summed E-state index contributed by atoms with van der Waals surface area (Å²) >= 11 is 6.25. The molecule has 0 saturated carbocycles. The largest absolute Gasteiger partial charge is 0.339 e. The Kier molecular flexibility index (Phi) is 6.38. The molecule has 3 nitrogen and oxygen atoms in total. The van der Waals surface area contributed by atoms with Crippen molar-refractivity contribution in [3.8, 4) is 0 Å². The summed E-state index contributed by atoms with van der Waals surface area (Å²) in [6.45, 7) is 3.14. The van der Waals surface area contributed by atoms with Gasteiger partial charge in [0.15, 0.2) is 0 Å². The van der Waals surface area contributed by atoms with Crippen molar-refractivity contribution in [3.63, 3.8) is 0 Å². The summed E-state index contributed by atoms with van der Waals surface area (Å²) < 4.78 is 13.0. The predicted octanol–water partition coefficient (Wildman–Crippen LogP) is 5.47. The van der Waals surface area contributed by atoms with Crippen molar-refractivity contribution in [1.82, 2.24) is 4.90 Å². The Bertz CT molecular complexity index is 793. The summed E-state index contributed by atoms with van der Waals surface area (Å²) in [4.78, 5) is 6.36. The topological polar surface area (TPSA) is 23.6 Å². The first kappa shape index (κ1) is 19.4. The number of para-hydroxylation sites is 1. The number of anilines is 2. The first-order valence-electron chi connectivity index (χ1n) is 9.27. The van der Waals surface area contributed by atoms with E-state index in [-0.39, 0.29) is 0 Å². The highest BCUT2D eigenvalue weighted by molar-refractivity contribution is 7.85. The van der Waals surface area contributed by atoms with Crippen LogP contribution in [-0.4, -0.2) is 35.8 Å². The molecular weight excluding hydrogens is 364 g/mol. The molecule has 2 atom stereocenters. The van der Waals surface area contributed by atoms with Crippen LogP contribution in [0.5, 0.6) is 0 Å². The molecule has 26 heavy (non-hydrogen) atoms. The first-order chi connectivity index (χ1) is 12.5. The fraction of sp³-hybridized carbons (Fsp3) is 0.429. The van der Waals surface area contributed by atoms with Crippen LogP contribution in [-0.2, 0) is 10.8 Å². The molecular formula is C21H27ClN2OS. The van der Waals surface area contributed by atoms with E-state index in [1.165, 1.54) is 12.8 Å². The van der Waals surface area contributed by atoms with Gasteiger partial charge < -0.3 is 9.80 Å². The maximum absolute atomic E-state index is 13.0. The van der Waals surface area contributed by atoms with E-state index in [2.05, 4.69) is 36.9 Å². The molecule has 0 amide bonds. The Morgan fingerprint density at radius 3 is 2.54 bits per heavy atom. The average molecular weight is 391 g/mol. The van der Waals surface area contributed by atoms with Gasteiger partial charge in [-0.25, -0.2) is 4.21 Å². The van der Waals surface area contributed by atoms with Crippen LogP contribution in [0.1, 0.15) is 32.6 Å². The second kappa shape index (κ2) is 8.55. The highest BCUT2D eigenvalue weighted by atomic mass is 35.5. The summed E-state index contributed by atoms with van der Waals surface area (Å²) in [5, 5.41) is 0.683. The lowest BCUT2D eigenvalue weighted by Gasteiger charge is -2.33. The van der Waals surface area contributed by atoms with Crippen LogP contribution in [0.4, 0.5) is 11.4 Å². The van der Waals surface area contributed by atoms with Crippen LogP contribution in [0.3, 0.4) is 0 Å². The van der Waals surface area contributed by atoms with Gasteiger partial charge in [0.25, 0.3) is 0 Å². The Hall–Kier alpha value is -1.36. The number of nitrogens with zero attached hydrogens (tertiary/aromatic N) is 2. The quantitative estimate of drug-likeness (QED) is 0.626. The summed E-state index contributed by atoms with van der Waals surface area (Å²) in [5.74, 6) is 0. The molecule has 0 N–H and O–H groups in total. The van der Waals surface area contributed by atoms with Crippen molar-refractivity contribution in [2.75, 3.05) is 25.5 Å². The molecule has 0 saturated heterocycles. The van der Waals surface area contributed by atoms with E-state index in [0.717, 1.165) is 40.6 Å². The van der Waals surface area contributed by atoms with Gasteiger partial charge in [-0.3, -0.25) is 0 Å². The van der Waals surface area contributed by atoms with Crippen molar-refractivity contribution in [2.45, 2.75) is 48.4 Å². The Labute approximate surface area is 164 Å². The number of halogens is 1. The molecule has 1 aliphatic rings. The second-order valence-electron chi connectivity index (χ2n) is 7.05. The molecule has 1 aliphatic heterocycles. The van der Waals surface area contributed by atoms with Crippen molar-refractivity contribution in [1.29, 1.82) is 0 Å². The van der Waals surface area contributed by atoms with E-state index in [1.807, 2.05) is 36.4 Å². The second-order valence-corrected chi connectivity index (χ2v) is 8.90. The number of hydrogen-bond acceptors (Lipinski definition) is 3. The van der Waals surface area contributed by atoms with Gasteiger partial charge in [0.2, 0.25) is 0 Å². The standard InChI is InChI=1S/C21H27ClN2OS/c1-4-8-17(23(2)3)9-7-14-24-18-10-5-6-11-20(18)26(25)21-13-12-16(22)15-19(21)24/h5-6,10-13,15,17H,4,7-9,14H2,1-3H3. The van der Waals surface area contributed by atoms with E-state index in [0.29, 0.717) is 11.1 Å². The number of rotatable bonds is 7. The maximum atomic E-state index is 13.0. The normalized spacial score (nSPS) is 17.1. The summed E-state index contributed by atoms with van der Waals surface area (Å²) in [7, 11) is 3.17. The zero-order chi connectivity index (χ0) is 18.7. The minimum atomic E-state index is -1.15. The van der Waals surface area contributed by atoms with Crippen molar-refractivity contribution >= 4 is 33.8 Å². The molecule has 0 bridgehead atoms. The third-order valence-electron chi connectivity index (χ3n) is 5.04. The summed E-state index contributed by atoms with van der Waals surface area (Å²) in [6.07, 6.45) is 4.65. The highest BCUT2D eigenvalue weighted by Gasteiger charge is 2.28. The van der Waals surface area contributed by atoms with Crippen molar-refractivity contribution in [2.24, 2.45) is 0 Å². The maximum Gasteiger partial charge on any atom is 0.0892 e. The van der Waals surface area contributed by atoms with Gasteiger partial charge in [-0.05, 0) is 63.7 Å². The number of benzene rings is 2. The van der Waals surface area contributed by atoms with Gasteiger partial charge >= 0.3 is 0 Å². The van der Waals surface area contributed by atoms with Gasteiger partial charge in [-0.2, -0.15) is 0 Å². The van der Waals surface area contributed by atoms with Gasteiger partial charge in [-0.1, -0.05) is 37.1 Å². The van der Waals surface area contributed by atoms with Gasteiger partial charge in [-0.15, -0.1) is 0 Å². The van der Waals surface area contributed by atoms with Gasteiger partial charge in [0.1, 0.15) is 0 Å². The lowest BCUT2D eigenvalue weighted by Crippen LogP contribution is -2.30. The number of fused-ring (bicyclic) bond motifs is 2. The van der Waals surface area contributed by atoms with Crippen LogP contribution in [0.15, 0.2) is 52.3 Å². The van der Waals surface area contributed by atoms with Gasteiger partial charge in [0.05, 0.1) is 32.0 Å². The van der Waals surface area contributed by atoms with E-state index >= 15 is 0 Å². The summed E-state index contributed by atoms with van der Waals surface area (Å²) in [5.41, 5.74) is 2.02. The molecule has 0 spiro atoms. The minimum absolute atomic E-state index is 0.605. The van der Waals surface area contributed by atoms with Crippen LogP contribution in [0.2, 0.25) is 5.02 Å². The van der Waals surface area contributed by atoms with Crippen molar-refractivity contribution in [3.05, 3.63) is 47.5 Å². The monoisotopic (exact) mass is 390 g/mol. The molecule has 3 rings (SSSR count). The van der Waals surface area contributed by atoms with E-state index in [9.17, 15) is 4.21 Å². The molecule has 2 aromatic carbocycles. The Morgan fingerprint density at radius 2 is 1.81 bits per heavy atom. The van der Waals surface area contributed by atoms with Crippen LogP contribution in [0.25, 0.3) is 0 Å². The van der Waals surface area contributed by atoms with Gasteiger partial charge in [0, 0.05) is 17.6 Å². The zero-order valence-electron chi connectivity index (χ0n) is 15.7. The molecule has 1 heterocycles. The number of hydrogen-bond donors (Lipinski definition) is 0. The SMILES string of the molecule is CCCC(CCCN1c2ccccc2S(=O)c2ccc(Cl)cc21)N(C)C. The molecule has 2 aromatic rings. The predicted molar refractivity (Wildman–Crippen MR) is 111 cm³/mol. The smallest absolute Gasteiger partial charge is 0.0892 e. The third-order valence-corrected chi connectivity index (χ3v) is 6.76. The molecule has 140 valence electrons. The fourth-order valence-electron chi connectivity index (χ4n) is 3.66. The molecule has 0 radical (unpaired) electrons. The Balaban J connectivity index is 1.86. The lowest BCUT2D eigenvalue weighted by atomic mass is 10.0. The molecule has 5 heteroatoms. The average Bonchev–Trinajstić information content (AvgIpc) is 2.63. The molecule has 0 aliphatic carbocycles. The van der Waals surface area contributed by atoms with Crippen molar-refractivity contribution < 1.29 is 4.21 Å². The van der Waals surface area contributed by atoms with Crippen LogP contribution in [0, 0.1) is 0 Å². The third kappa shape index (κ3) is 3.98. The Morgan fingerprint density at radius 1 is 1.08 bits per heavy atom. The van der Waals surface area contributed by atoms with E-state index < -0.39 is 10.8 Å². The first-order valence-corrected chi connectivity index (χ1v) is 10.8. The molecule has 2 unspecified atom stereocenters. The summed E-state index contributed by atoms with van der Waals surface area (Å²) in [6, 6.07) is 14.3. The van der Waals surface area contributed by atoms with Crippen LogP contribution >= 0.6 is 11.6 Å². The highest BCUT2D eigenvalue weighted by Crippen LogP contribution is 2.43. The minimum Gasteiger partial charge on any atom is -0.339 e. The molecule has 0 fully saturated rings. The molecule has 0 aromatic heterocycles. The van der Waals surface area contributed by atoms with E-state index in [1.54, 1.807) is 0 Å². The fourth-order valence-corrected chi connectivity index (χ4v) is 5.19.